The predicted molar refractivity (Wildman–Crippen MR) is 140 cm³/mol. The molecule has 3 aromatic carbocycles. The summed E-state index contributed by atoms with van der Waals surface area (Å²) in [6.45, 7) is 0. The Morgan fingerprint density at radius 1 is 0.972 bits per heavy atom. The first-order valence-corrected chi connectivity index (χ1v) is 11.6. The van der Waals surface area contributed by atoms with Crippen LogP contribution in [0.3, 0.4) is 0 Å². The minimum absolute atomic E-state index is 0.00496. The van der Waals surface area contributed by atoms with Gasteiger partial charge in [0.1, 0.15) is 11.5 Å². The van der Waals surface area contributed by atoms with E-state index in [2.05, 4.69) is 20.4 Å². The molecule has 9 heteroatoms. The number of hydrogen-bond donors (Lipinski definition) is 1. The molecule has 180 valence electrons. The third-order valence-electron chi connectivity index (χ3n) is 5.67. The monoisotopic (exact) mass is 500 g/mol. The number of fused-ring (bicyclic) bond motifs is 1. The SMILES string of the molecule is CN(C)c1ccc(NC(=O)Cc2cc(-c3ccc4nccnc4c3)n(-c3cc(Cl)ccc3F)n2)cc1. The van der Waals surface area contributed by atoms with Gasteiger partial charge in [0, 0.05) is 48.4 Å². The smallest absolute Gasteiger partial charge is 0.230 e. The predicted octanol–water partition coefficient (Wildman–Crippen LogP) is 5.52. The van der Waals surface area contributed by atoms with Crippen molar-refractivity contribution in [3.8, 4) is 16.9 Å². The molecule has 0 radical (unpaired) electrons. The second-order valence-electron chi connectivity index (χ2n) is 8.45. The Hall–Kier alpha value is -4.30. The number of rotatable bonds is 6. The maximum Gasteiger partial charge on any atom is 0.230 e. The average molecular weight is 501 g/mol. The minimum Gasteiger partial charge on any atom is -0.378 e. The van der Waals surface area contributed by atoms with Crippen LogP contribution in [-0.2, 0) is 11.2 Å². The van der Waals surface area contributed by atoms with E-state index in [0.29, 0.717) is 27.6 Å². The lowest BCUT2D eigenvalue weighted by molar-refractivity contribution is -0.115. The number of nitrogens with one attached hydrogen (secondary N) is 1. The number of carbonyl (C=O) groups is 1. The van der Waals surface area contributed by atoms with E-state index >= 15 is 0 Å². The largest absolute Gasteiger partial charge is 0.378 e. The van der Waals surface area contributed by atoms with Crippen LogP contribution in [-0.4, -0.2) is 39.8 Å². The first kappa shape index (κ1) is 23.4. The Morgan fingerprint density at radius 2 is 1.72 bits per heavy atom. The van der Waals surface area contributed by atoms with E-state index in [4.69, 9.17) is 11.6 Å². The summed E-state index contributed by atoms with van der Waals surface area (Å²) in [5, 5.41) is 7.83. The van der Waals surface area contributed by atoms with E-state index in [1.807, 2.05) is 61.5 Å². The van der Waals surface area contributed by atoms with Gasteiger partial charge in [0.15, 0.2) is 0 Å². The fraction of sp³-hybridized carbons (Fsp3) is 0.111. The Labute approximate surface area is 212 Å². The third kappa shape index (κ3) is 4.89. The first-order valence-electron chi connectivity index (χ1n) is 11.2. The van der Waals surface area contributed by atoms with Crippen LogP contribution < -0.4 is 10.2 Å². The van der Waals surface area contributed by atoms with Crippen molar-refractivity contribution in [1.29, 1.82) is 0 Å². The van der Waals surface area contributed by atoms with E-state index in [1.54, 1.807) is 18.5 Å². The lowest BCUT2D eigenvalue weighted by atomic mass is 10.1. The molecule has 0 saturated carbocycles. The van der Waals surface area contributed by atoms with E-state index in [1.165, 1.54) is 22.9 Å². The molecule has 0 spiro atoms. The zero-order valence-corrected chi connectivity index (χ0v) is 20.4. The summed E-state index contributed by atoms with van der Waals surface area (Å²) in [4.78, 5) is 23.5. The molecular formula is C27H22ClFN6O. The van der Waals surface area contributed by atoms with E-state index in [9.17, 15) is 9.18 Å². The number of hydrogen-bond acceptors (Lipinski definition) is 5. The fourth-order valence-electron chi connectivity index (χ4n) is 3.89. The molecule has 0 aliphatic heterocycles. The number of nitrogens with zero attached hydrogens (tertiary/aromatic N) is 5. The molecule has 7 nitrogen and oxygen atoms in total. The number of amides is 1. The average Bonchev–Trinajstić information content (AvgIpc) is 3.28. The minimum atomic E-state index is -0.485. The molecule has 1 N–H and O–H groups in total. The Morgan fingerprint density at radius 3 is 2.47 bits per heavy atom. The maximum absolute atomic E-state index is 14.8. The Bertz CT molecular complexity index is 1560. The summed E-state index contributed by atoms with van der Waals surface area (Å²) < 4.78 is 16.3. The highest BCUT2D eigenvalue weighted by Gasteiger charge is 2.18. The van der Waals surface area contributed by atoms with Crippen molar-refractivity contribution in [3.63, 3.8) is 0 Å². The second kappa shape index (κ2) is 9.75. The van der Waals surface area contributed by atoms with Gasteiger partial charge in [0.25, 0.3) is 0 Å². The van der Waals surface area contributed by atoms with Crippen LogP contribution in [0.4, 0.5) is 15.8 Å². The van der Waals surface area contributed by atoms with Crippen LogP contribution in [0, 0.1) is 5.82 Å². The van der Waals surface area contributed by atoms with E-state index in [0.717, 1.165) is 16.8 Å². The molecule has 0 aliphatic carbocycles. The van der Waals surface area contributed by atoms with Gasteiger partial charge in [-0.3, -0.25) is 14.8 Å². The summed E-state index contributed by atoms with van der Waals surface area (Å²) >= 11 is 6.16. The molecule has 0 fully saturated rings. The molecule has 2 aromatic heterocycles. The molecule has 0 atom stereocenters. The van der Waals surface area contributed by atoms with Crippen LogP contribution >= 0.6 is 11.6 Å². The number of aromatic nitrogens is 4. The van der Waals surface area contributed by atoms with Gasteiger partial charge in [0.2, 0.25) is 5.91 Å². The van der Waals surface area contributed by atoms with E-state index < -0.39 is 5.82 Å². The quantitative estimate of drug-likeness (QED) is 0.332. The zero-order chi connectivity index (χ0) is 25.2. The lowest BCUT2D eigenvalue weighted by Gasteiger charge is -2.12. The summed E-state index contributed by atoms with van der Waals surface area (Å²) in [6.07, 6.45) is 3.24. The van der Waals surface area contributed by atoms with Gasteiger partial charge in [0.05, 0.1) is 28.8 Å². The molecule has 0 aliphatic rings. The van der Waals surface area contributed by atoms with Crippen LogP contribution in [0.25, 0.3) is 28.0 Å². The number of anilines is 2. The molecule has 2 heterocycles. The van der Waals surface area contributed by atoms with Crippen LogP contribution in [0.5, 0.6) is 0 Å². The van der Waals surface area contributed by atoms with Crippen LogP contribution in [0.1, 0.15) is 5.69 Å². The van der Waals surface area contributed by atoms with Crippen LogP contribution in [0.2, 0.25) is 5.02 Å². The van der Waals surface area contributed by atoms with Crippen molar-refractivity contribution < 1.29 is 9.18 Å². The second-order valence-corrected chi connectivity index (χ2v) is 8.89. The Kier molecular flexibility index (Phi) is 6.35. The van der Waals surface area contributed by atoms with Crippen molar-refractivity contribution >= 4 is 39.9 Å². The molecule has 0 unspecified atom stereocenters. The lowest BCUT2D eigenvalue weighted by Crippen LogP contribution is -2.15. The first-order chi connectivity index (χ1) is 17.4. The molecule has 5 rings (SSSR count). The normalized spacial score (nSPS) is 11.0. The van der Waals surface area contributed by atoms with Gasteiger partial charge >= 0.3 is 0 Å². The topological polar surface area (TPSA) is 75.9 Å². The summed E-state index contributed by atoms with van der Waals surface area (Å²) in [5.74, 6) is -0.721. The van der Waals surface area contributed by atoms with Crippen molar-refractivity contribution in [2.24, 2.45) is 0 Å². The van der Waals surface area contributed by atoms with Crippen molar-refractivity contribution in [2.45, 2.75) is 6.42 Å². The van der Waals surface area contributed by atoms with Gasteiger partial charge in [-0.2, -0.15) is 5.10 Å². The van der Waals surface area contributed by atoms with Gasteiger partial charge in [-0.05, 0) is 60.7 Å². The van der Waals surface area contributed by atoms with Gasteiger partial charge in [-0.25, -0.2) is 9.07 Å². The maximum atomic E-state index is 14.8. The standard InChI is InChI=1S/C27H22ClFN6O/c1-34(2)21-7-5-19(6-8-21)32-27(36)16-20-15-25(17-3-10-23-24(13-17)31-12-11-30-23)35(33-20)26-14-18(28)4-9-22(26)29/h3-15H,16H2,1-2H3,(H,32,36). The third-order valence-corrected chi connectivity index (χ3v) is 5.91. The van der Waals surface area contributed by atoms with Gasteiger partial charge in [-0.1, -0.05) is 17.7 Å². The Balaban J connectivity index is 1.49. The zero-order valence-electron chi connectivity index (χ0n) is 19.6. The van der Waals surface area contributed by atoms with Crippen molar-refractivity contribution in [3.05, 3.63) is 95.7 Å². The molecule has 36 heavy (non-hydrogen) atoms. The molecule has 0 saturated heterocycles. The van der Waals surface area contributed by atoms with Crippen molar-refractivity contribution in [1.82, 2.24) is 19.7 Å². The van der Waals surface area contributed by atoms with Crippen molar-refractivity contribution in [2.75, 3.05) is 24.3 Å². The molecule has 1 amide bonds. The summed E-state index contributed by atoms with van der Waals surface area (Å²) in [6, 6.07) is 19.1. The fourth-order valence-corrected chi connectivity index (χ4v) is 4.06. The highest BCUT2D eigenvalue weighted by molar-refractivity contribution is 6.30. The molecule has 0 bridgehead atoms. The van der Waals surface area contributed by atoms with Gasteiger partial charge in [-0.15, -0.1) is 0 Å². The molecular weight excluding hydrogens is 479 g/mol. The summed E-state index contributed by atoms with van der Waals surface area (Å²) in [5.41, 5.74) is 5.14. The number of benzene rings is 3. The summed E-state index contributed by atoms with van der Waals surface area (Å²) in [7, 11) is 3.90. The number of carbonyl (C=O) groups excluding carboxylic acids is 1. The molecule has 5 aromatic rings. The number of halogens is 2. The van der Waals surface area contributed by atoms with E-state index in [-0.39, 0.29) is 18.0 Å². The highest BCUT2D eigenvalue weighted by Crippen LogP contribution is 2.29. The van der Waals surface area contributed by atoms with Crippen LogP contribution in [0.15, 0.2) is 79.1 Å². The van der Waals surface area contributed by atoms with Gasteiger partial charge < -0.3 is 10.2 Å². The highest BCUT2D eigenvalue weighted by atomic mass is 35.5.